The number of nitrogens with one attached hydrogen (secondary N) is 1. The molecule has 0 aromatic rings. The highest BCUT2D eigenvalue weighted by molar-refractivity contribution is 9.09. The number of halogens is 1. The van der Waals surface area contributed by atoms with Gasteiger partial charge in [0.25, 0.3) is 0 Å². The van der Waals surface area contributed by atoms with Gasteiger partial charge in [0.2, 0.25) is 5.91 Å². The van der Waals surface area contributed by atoms with E-state index in [1.165, 1.54) is 0 Å². The van der Waals surface area contributed by atoms with E-state index in [1.807, 2.05) is 14.1 Å². The Morgan fingerprint density at radius 2 is 2.17 bits per heavy atom. The first-order chi connectivity index (χ1) is 5.66. The molecule has 0 rings (SSSR count). The lowest BCUT2D eigenvalue weighted by atomic mass is 10.4. The third-order valence-corrected chi connectivity index (χ3v) is 1.82. The average molecular weight is 237 g/mol. The van der Waals surface area contributed by atoms with Gasteiger partial charge in [0, 0.05) is 18.3 Å². The molecule has 0 aliphatic rings. The second-order valence-corrected chi connectivity index (χ2v) is 3.74. The number of alkyl halides is 1. The molecule has 0 bridgehead atoms. The minimum Gasteiger partial charge on any atom is -0.356 e. The van der Waals surface area contributed by atoms with Crippen molar-refractivity contribution in [1.29, 1.82) is 0 Å². The Bertz CT molecular complexity index is 128. The van der Waals surface area contributed by atoms with Crippen molar-refractivity contribution in [2.24, 2.45) is 0 Å². The number of hydrogen-bond acceptors (Lipinski definition) is 2. The third-order valence-electron chi connectivity index (χ3n) is 1.43. The summed E-state index contributed by atoms with van der Waals surface area (Å²) in [6, 6.07) is 0. The minimum atomic E-state index is 0.130. The molecule has 72 valence electrons. The van der Waals surface area contributed by atoms with Crippen molar-refractivity contribution in [1.82, 2.24) is 10.2 Å². The molecule has 1 N–H and O–H groups in total. The molecular weight excluding hydrogens is 220 g/mol. The summed E-state index contributed by atoms with van der Waals surface area (Å²) in [5.74, 6) is 0.130. The van der Waals surface area contributed by atoms with Crippen LogP contribution in [0.3, 0.4) is 0 Å². The summed E-state index contributed by atoms with van der Waals surface area (Å²) < 4.78 is 0. The van der Waals surface area contributed by atoms with Crippen molar-refractivity contribution in [2.45, 2.75) is 12.8 Å². The minimum absolute atomic E-state index is 0.130. The number of nitrogens with zero attached hydrogens (tertiary/aromatic N) is 1. The molecule has 0 radical (unpaired) electrons. The van der Waals surface area contributed by atoms with Gasteiger partial charge in [0.05, 0.1) is 0 Å². The van der Waals surface area contributed by atoms with Crippen molar-refractivity contribution in [3.05, 3.63) is 0 Å². The number of rotatable bonds is 6. The van der Waals surface area contributed by atoms with Gasteiger partial charge in [-0.25, -0.2) is 0 Å². The van der Waals surface area contributed by atoms with Crippen molar-refractivity contribution < 1.29 is 4.79 Å². The zero-order valence-corrected chi connectivity index (χ0v) is 9.35. The van der Waals surface area contributed by atoms with Gasteiger partial charge in [-0.3, -0.25) is 4.79 Å². The first kappa shape index (κ1) is 11.9. The van der Waals surface area contributed by atoms with Crippen molar-refractivity contribution >= 4 is 21.8 Å². The predicted octanol–water partition coefficient (Wildman–Crippen LogP) is 0.839. The molecule has 0 aromatic carbocycles. The van der Waals surface area contributed by atoms with Gasteiger partial charge >= 0.3 is 0 Å². The molecule has 0 unspecified atom stereocenters. The van der Waals surface area contributed by atoms with Crippen LogP contribution in [0, 0.1) is 0 Å². The second-order valence-electron chi connectivity index (χ2n) is 2.95. The van der Waals surface area contributed by atoms with E-state index in [1.54, 1.807) is 0 Å². The summed E-state index contributed by atoms with van der Waals surface area (Å²) in [5.41, 5.74) is 0. The lowest BCUT2D eigenvalue weighted by Gasteiger charge is -2.09. The normalized spacial score (nSPS) is 10.3. The predicted molar refractivity (Wildman–Crippen MR) is 54.6 cm³/mol. The molecule has 0 aliphatic carbocycles. The topological polar surface area (TPSA) is 32.3 Å². The van der Waals surface area contributed by atoms with Crippen LogP contribution in [0.15, 0.2) is 0 Å². The largest absolute Gasteiger partial charge is 0.356 e. The van der Waals surface area contributed by atoms with Crippen LogP contribution in [0.25, 0.3) is 0 Å². The molecule has 0 fully saturated rings. The van der Waals surface area contributed by atoms with Crippen LogP contribution in [0.2, 0.25) is 0 Å². The summed E-state index contributed by atoms with van der Waals surface area (Å²) in [6.45, 7) is 1.80. The zero-order chi connectivity index (χ0) is 9.40. The van der Waals surface area contributed by atoms with Crippen LogP contribution >= 0.6 is 15.9 Å². The highest BCUT2D eigenvalue weighted by Gasteiger charge is 1.97. The van der Waals surface area contributed by atoms with E-state index in [4.69, 9.17) is 0 Å². The Balaban J connectivity index is 3.14. The van der Waals surface area contributed by atoms with E-state index >= 15 is 0 Å². The molecule has 0 saturated carbocycles. The van der Waals surface area contributed by atoms with Crippen LogP contribution in [-0.2, 0) is 4.79 Å². The summed E-state index contributed by atoms with van der Waals surface area (Å²) in [4.78, 5) is 13.0. The fourth-order valence-electron chi connectivity index (χ4n) is 0.797. The van der Waals surface area contributed by atoms with Gasteiger partial charge in [-0.05, 0) is 27.1 Å². The van der Waals surface area contributed by atoms with Crippen LogP contribution < -0.4 is 5.32 Å². The van der Waals surface area contributed by atoms with E-state index in [2.05, 4.69) is 26.1 Å². The molecular formula is C8H17BrN2O. The maximum Gasteiger partial charge on any atom is 0.220 e. The first-order valence-corrected chi connectivity index (χ1v) is 5.26. The Labute approximate surface area is 82.6 Å². The fourth-order valence-corrected chi connectivity index (χ4v) is 1.16. The number of carbonyl (C=O) groups is 1. The molecule has 0 heterocycles. The van der Waals surface area contributed by atoms with E-state index in [9.17, 15) is 4.79 Å². The lowest BCUT2D eigenvalue weighted by Crippen LogP contribution is -2.27. The summed E-state index contributed by atoms with van der Waals surface area (Å²) in [6.07, 6.45) is 1.59. The van der Waals surface area contributed by atoms with Gasteiger partial charge in [-0.2, -0.15) is 0 Å². The Morgan fingerprint density at radius 1 is 1.50 bits per heavy atom. The third kappa shape index (κ3) is 8.01. The molecule has 0 saturated heterocycles. The van der Waals surface area contributed by atoms with E-state index in [-0.39, 0.29) is 5.91 Å². The maximum atomic E-state index is 10.9. The van der Waals surface area contributed by atoms with E-state index < -0.39 is 0 Å². The van der Waals surface area contributed by atoms with Gasteiger partial charge in [0.1, 0.15) is 0 Å². The van der Waals surface area contributed by atoms with Gasteiger partial charge in [-0.15, -0.1) is 0 Å². The van der Waals surface area contributed by atoms with Crippen LogP contribution in [0.4, 0.5) is 0 Å². The molecule has 0 atom stereocenters. The van der Waals surface area contributed by atoms with Crippen molar-refractivity contribution in [3.63, 3.8) is 0 Å². The van der Waals surface area contributed by atoms with Gasteiger partial charge in [-0.1, -0.05) is 15.9 Å². The molecule has 3 nitrogen and oxygen atoms in total. The van der Waals surface area contributed by atoms with Crippen LogP contribution in [0.5, 0.6) is 0 Å². The highest BCUT2D eigenvalue weighted by Crippen LogP contribution is 1.87. The standard InChI is InChI=1S/C8H17BrN2O/c1-11(2)7-3-6-10-8(12)4-5-9/h3-7H2,1-2H3,(H,10,12). The average Bonchev–Trinajstić information content (AvgIpc) is 1.98. The zero-order valence-electron chi connectivity index (χ0n) is 7.77. The molecule has 1 amide bonds. The summed E-state index contributed by atoms with van der Waals surface area (Å²) in [7, 11) is 4.06. The van der Waals surface area contributed by atoms with Crippen LogP contribution in [-0.4, -0.2) is 43.3 Å². The van der Waals surface area contributed by atoms with Crippen LogP contribution in [0.1, 0.15) is 12.8 Å². The summed E-state index contributed by atoms with van der Waals surface area (Å²) >= 11 is 3.21. The molecule has 0 aliphatic heterocycles. The number of carbonyl (C=O) groups excluding carboxylic acids is 1. The maximum absolute atomic E-state index is 10.9. The van der Waals surface area contributed by atoms with Gasteiger partial charge in [0.15, 0.2) is 0 Å². The quantitative estimate of drug-likeness (QED) is 0.548. The van der Waals surface area contributed by atoms with Crippen molar-refractivity contribution in [3.8, 4) is 0 Å². The molecule has 0 spiro atoms. The molecule has 0 aromatic heterocycles. The monoisotopic (exact) mass is 236 g/mol. The second kappa shape index (κ2) is 7.55. The molecule has 4 heteroatoms. The van der Waals surface area contributed by atoms with E-state index in [0.29, 0.717) is 6.42 Å². The fraction of sp³-hybridized carbons (Fsp3) is 0.875. The number of hydrogen-bond donors (Lipinski definition) is 1. The SMILES string of the molecule is CN(C)CCCNC(=O)CCBr. The van der Waals surface area contributed by atoms with Crippen molar-refractivity contribution in [2.75, 3.05) is 32.5 Å². The smallest absolute Gasteiger partial charge is 0.220 e. The van der Waals surface area contributed by atoms with Gasteiger partial charge < -0.3 is 10.2 Å². The summed E-state index contributed by atoms with van der Waals surface area (Å²) in [5, 5.41) is 3.59. The lowest BCUT2D eigenvalue weighted by molar-refractivity contribution is -0.120. The molecule has 12 heavy (non-hydrogen) atoms. The number of amides is 1. The first-order valence-electron chi connectivity index (χ1n) is 4.14. The highest BCUT2D eigenvalue weighted by atomic mass is 79.9. The van der Waals surface area contributed by atoms with E-state index in [0.717, 1.165) is 24.8 Å². The Kier molecular flexibility index (Phi) is 7.50. The Morgan fingerprint density at radius 3 is 2.67 bits per heavy atom. The Hall–Kier alpha value is -0.0900.